The number of methoxy groups -OCH3 is 1. The smallest absolute Gasteiger partial charge is 0.536 e. The number of nitrogens with one attached hydrogen (secondary N) is 1. The molecule has 3 amide bonds. The summed E-state index contributed by atoms with van der Waals surface area (Å²) >= 11 is 0. The summed E-state index contributed by atoms with van der Waals surface area (Å²) in [5, 5.41) is 2.19. The number of fused-ring (bicyclic) bond motifs is 1. The predicted molar refractivity (Wildman–Crippen MR) is 115 cm³/mol. The Hall–Kier alpha value is -2.31. The van der Waals surface area contributed by atoms with Gasteiger partial charge in [0, 0.05) is 24.3 Å². The van der Waals surface area contributed by atoms with Gasteiger partial charge in [-0.1, -0.05) is 11.6 Å². The molecule has 1 N–H and O–H groups in total. The zero-order valence-electron chi connectivity index (χ0n) is 19.0. The number of amides is 3. The van der Waals surface area contributed by atoms with E-state index in [1.165, 1.54) is 23.1 Å². The number of hydrogen-bond acceptors (Lipinski definition) is 5. The van der Waals surface area contributed by atoms with Gasteiger partial charge in [-0.05, 0) is 12.6 Å². The van der Waals surface area contributed by atoms with Crippen molar-refractivity contribution in [3.8, 4) is 5.75 Å². The molecule has 0 aromatic heterocycles. The Labute approximate surface area is 242 Å². The Morgan fingerprint density at radius 3 is 2.49 bits per heavy atom. The molecule has 2 aromatic rings. The number of imide groups is 1. The summed E-state index contributed by atoms with van der Waals surface area (Å²) in [4.78, 5) is 40.1. The first-order valence-electron chi connectivity index (χ1n) is 10.0. The molecule has 1 saturated heterocycles. The van der Waals surface area contributed by atoms with Crippen LogP contribution >= 0.6 is 0 Å². The first kappa shape index (κ1) is 28.9. The number of alkyl halides is 3. The maximum absolute atomic E-state index is 12.5. The summed E-state index contributed by atoms with van der Waals surface area (Å²) in [5.74, 6) is -0.423. The van der Waals surface area contributed by atoms with Crippen molar-refractivity contribution in [3.63, 3.8) is 0 Å². The van der Waals surface area contributed by atoms with Crippen molar-refractivity contribution < 1.29 is 83.7 Å². The standard InChI is InChI=1S/C17H12F3N3O3.C7H7O.K/c1-9(17(18,19)20)21-7-10-2-3-12-11(6-10)8-23(16(12)26)13-4-5-14(24)22-15(13)25;1-8-7-5-3-2-4-6-7;/h1-3,6,13H,4-5,8H2,(H,22,24,25);3-6H,1H3;/q-2;-1;+1. The number of piperidine rings is 1. The summed E-state index contributed by atoms with van der Waals surface area (Å²) in [6.07, 6.45) is -2.20. The second-order valence-corrected chi connectivity index (χ2v) is 7.32. The fourth-order valence-electron chi connectivity index (χ4n) is 3.34. The number of aliphatic imine (C=N–C) groups is 1. The van der Waals surface area contributed by atoms with Gasteiger partial charge in [-0.3, -0.25) is 19.7 Å². The summed E-state index contributed by atoms with van der Waals surface area (Å²) < 4.78 is 41.9. The largest absolute Gasteiger partial charge is 1.00 e. The van der Waals surface area contributed by atoms with E-state index < -0.39 is 23.8 Å². The summed E-state index contributed by atoms with van der Waals surface area (Å²) in [6.45, 7) is 4.91. The molecular weight excluding hydrogens is 490 g/mol. The van der Waals surface area contributed by atoms with Crippen LogP contribution in [0.2, 0.25) is 0 Å². The molecule has 2 aliphatic rings. The minimum absolute atomic E-state index is 0. The summed E-state index contributed by atoms with van der Waals surface area (Å²) in [5.41, 5.74) is -0.438. The van der Waals surface area contributed by atoms with Crippen LogP contribution in [-0.2, 0) is 16.1 Å². The average Bonchev–Trinajstić information content (AvgIpc) is 3.13. The van der Waals surface area contributed by atoms with Crippen molar-refractivity contribution in [1.82, 2.24) is 10.2 Å². The molecule has 1 unspecified atom stereocenters. The van der Waals surface area contributed by atoms with E-state index in [9.17, 15) is 27.6 Å². The molecule has 1 fully saturated rings. The maximum atomic E-state index is 12.5. The van der Waals surface area contributed by atoms with Crippen LogP contribution in [0.4, 0.5) is 13.2 Å². The molecule has 2 heterocycles. The Morgan fingerprint density at radius 1 is 1.23 bits per heavy atom. The molecule has 2 aromatic carbocycles. The first-order chi connectivity index (χ1) is 16.1. The molecule has 7 nitrogen and oxygen atoms in total. The fourth-order valence-corrected chi connectivity index (χ4v) is 3.34. The molecule has 4 rings (SSSR count). The minimum atomic E-state index is -4.75. The predicted octanol–water partition coefficient (Wildman–Crippen LogP) is 0.122. The topological polar surface area (TPSA) is 88.1 Å². The molecule has 0 spiro atoms. The van der Waals surface area contributed by atoms with Crippen molar-refractivity contribution in [1.29, 1.82) is 0 Å². The quantitative estimate of drug-likeness (QED) is 0.275. The SMILES string of the molecule is COc1cc[c-]cc1.[CH-]=C(N=[C-]c1ccc2c(c1)CN(C1CCC(=O)NC1=O)C2=O)C(F)(F)F.[K+]. The molecule has 0 aliphatic carbocycles. The van der Waals surface area contributed by atoms with E-state index in [1.54, 1.807) is 7.11 Å². The van der Waals surface area contributed by atoms with Gasteiger partial charge < -0.3 is 21.2 Å². The zero-order valence-corrected chi connectivity index (χ0v) is 22.1. The number of allylic oxidation sites excluding steroid dienone is 1. The van der Waals surface area contributed by atoms with E-state index in [2.05, 4.69) is 22.6 Å². The van der Waals surface area contributed by atoms with E-state index in [0.717, 1.165) is 5.75 Å². The van der Waals surface area contributed by atoms with Crippen LogP contribution in [0.3, 0.4) is 0 Å². The van der Waals surface area contributed by atoms with E-state index >= 15 is 0 Å². The number of nitrogens with zero attached hydrogens (tertiary/aromatic N) is 2. The van der Waals surface area contributed by atoms with Crippen LogP contribution in [0.1, 0.15) is 34.3 Å². The van der Waals surface area contributed by atoms with Gasteiger partial charge in [-0.25, -0.2) is 0 Å². The van der Waals surface area contributed by atoms with E-state index in [-0.39, 0.29) is 88.1 Å². The third-order valence-electron chi connectivity index (χ3n) is 5.04. The summed E-state index contributed by atoms with van der Waals surface area (Å²) in [7, 11) is 1.65. The molecule has 178 valence electrons. The first-order valence-corrected chi connectivity index (χ1v) is 10.0. The van der Waals surface area contributed by atoms with Crippen LogP contribution < -0.4 is 61.4 Å². The normalized spacial score (nSPS) is 17.2. The van der Waals surface area contributed by atoms with E-state index in [0.29, 0.717) is 11.1 Å². The van der Waals surface area contributed by atoms with Crippen molar-refractivity contribution >= 4 is 23.9 Å². The number of carbonyl (C=O) groups is 3. The molecule has 11 heteroatoms. The maximum Gasteiger partial charge on any atom is 1.00 e. The van der Waals surface area contributed by atoms with Crippen molar-refractivity contribution in [2.24, 2.45) is 4.99 Å². The third kappa shape index (κ3) is 7.58. The molecule has 0 radical (unpaired) electrons. The minimum Gasteiger partial charge on any atom is -0.536 e. The monoisotopic (exact) mass is 509 g/mol. The van der Waals surface area contributed by atoms with E-state index in [4.69, 9.17) is 11.3 Å². The molecule has 2 aliphatic heterocycles. The Morgan fingerprint density at radius 2 is 1.91 bits per heavy atom. The van der Waals surface area contributed by atoms with Gasteiger partial charge in [0.05, 0.1) is 7.11 Å². The van der Waals surface area contributed by atoms with E-state index in [1.807, 2.05) is 24.3 Å². The van der Waals surface area contributed by atoms with Gasteiger partial charge in [0.2, 0.25) is 11.8 Å². The molecule has 0 bridgehead atoms. The average molecular weight is 510 g/mol. The van der Waals surface area contributed by atoms with Gasteiger partial charge >= 0.3 is 57.6 Å². The fraction of sp³-hybridized carbons (Fsp3) is 0.250. The molecule has 35 heavy (non-hydrogen) atoms. The third-order valence-corrected chi connectivity index (χ3v) is 5.04. The van der Waals surface area contributed by atoms with Gasteiger partial charge in [0.15, 0.2) is 0 Å². The van der Waals surface area contributed by atoms with Gasteiger partial charge in [0.1, 0.15) is 6.04 Å². The van der Waals surface area contributed by atoms with Crippen LogP contribution in [0.5, 0.6) is 5.75 Å². The van der Waals surface area contributed by atoms with Gasteiger partial charge in [-0.15, -0.1) is 35.5 Å². The summed E-state index contributed by atoms with van der Waals surface area (Å²) in [6, 6.07) is 13.8. The Balaban J connectivity index is 0.000000409. The van der Waals surface area contributed by atoms with Gasteiger partial charge in [-0.2, -0.15) is 31.4 Å². The second-order valence-electron chi connectivity index (χ2n) is 7.32. The number of carbonyl (C=O) groups excluding carboxylic acids is 3. The zero-order chi connectivity index (χ0) is 24.9. The number of benzene rings is 2. The molecular formula is C24H19F3KN3O4-2. The van der Waals surface area contributed by atoms with Crippen molar-refractivity contribution in [3.05, 3.63) is 77.5 Å². The number of hydrogen-bond donors (Lipinski definition) is 1. The number of ether oxygens (including phenoxy) is 1. The molecule has 1 atom stereocenters. The van der Waals surface area contributed by atoms with Crippen molar-refractivity contribution in [2.45, 2.75) is 31.6 Å². The van der Waals surface area contributed by atoms with Crippen LogP contribution in [-0.4, -0.2) is 48.2 Å². The molecule has 0 saturated carbocycles. The Bertz CT molecular complexity index is 1140. The van der Waals surface area contributed by atoms with Crippen LogP contribution in [0.25, 0.3) is 0 Å². The number of rotatable bonds is 4. The van der Waals surface area contributed by atoms with Crippen LogP contribution in [0.15, 0.2) is 53.2 Å². The second kappa shape index (κ2) is 12.6. The van der Waals surface area contributed by atoms with Gasteiger partial charge in [0.25, 0.3) is 5.91 Å². The number of halogens is 3. The Kier molecular flexibility index (Phi) is 10.4. The van der Waals surface area contributed by atoms with Crippen molar-refractivity contribution in [2.75, 3.05) is 7.11 Å². The van der Waals surface area contributed by atoms with Crippen LogP contribution in [0, 0.1) is 12.6 Å².